The average molecular weight is 424 g/mol. The highest BCUT2D eigenvalue weighted by atomic mass is 35.5. The molecule has 7 nitrogen and oxygen atoms in total. The lowest BCUT2D eigenvalue weighted by atomic mass is 10.2. The van der Waals surface area contributed by atoms with Crippen molar-refractivity contribution in [2.45, 2.75) is 6.92 Å². The van der Waals surface area contributed by atoms with Crippen molar-refractivity contribution in [3.63, 3.8) is 0 Å². The van der Waals surface area contributed by atoms with Crippen LogP contribution >= 0.6 is 11.6 Å². The van der Waals surface area contributed by atoms with E-state index in [0.717, 1.165) is 0 Å². The number of carbonyl (C=O) groups excluding carboxylic acids is 2. The summed E-state index contributed by atoms with van der Waals surface area (Å²) in [6.07, 6.45) is 4.48. The average Bonchev–Trinajstić information content (AvgIpc) is 2.76. The zero-order valence-corrected chi connectivity index (χ0v) is 16.8. The molecular weight excluding hydrogens is 406 g/mol. The first-order chi connectivity index (χ1) is 14.6. The molecule has 1 aromatic heterocycles. The quantitative estimate of drug-likeness (QED) is 0.267. The molecule has 0 saturated heterocycles. The predicted octanol–water partition coefficient (Wildman–Crippen LogP) is 4.12. The summed E-state index contributed by atoms with van der Waals surface area (Å²) in [6, 6.07) is 14.8. The van der Waals surface area contributed by atoms with Crippen LogP contribution in [0.3, 0.4) is 0 Å². The lowest BCUT2D eigenvalue weighted by molar-refractivity contribution is 0.0728. The van der Waals surface area contributed by atoms with E-state index in [4.69, 9.17) is 21.1 Å². The van der Waals surface area contributed by atoms with Gasteiger partial charge in [0, 0.05) is 12.4 Å². The van der Waals surface area contributed by atoms with Crippen LogP contribution in [-0.4, -0.2) is 29.7 Å². The van der Waals surface area contributed by atoms with Crippen LogP contribution in [0.15, 0.2) is 72.1 Å². The Morgan fingerprint density at radius 1 is 1.13 bits per heavy atom. The number of hydrogen-bond donors (Lipinski definition) is 1. The Bertz CT molecular complexity index is 1070. The molecule has 0 aliphatic heterocycles. The predicted molar refractivity (Wildman–Crippen MR) is 113 cm³/mol. The van der Waals surface area contributed by atoms with Gasteiger partial charge < -0.3 is 9.47 Å². The first-order valence-corrected chi connectivity index (χ1v) is 9.43. The molecule has 30 heavy (non-hydrogen) atoms. The van der Waals surface area contributed by atoms with Gasteiger partial charge in [-0.2, -0.15) is 5.10 Å². The summed E-state index contributed by atoms with van der Waals surface area (Å²) in [5, 5.41) is 4.24. The Morgan fingerprint density at radius 2 is 1.97 bits per heavy atom. The monoisotopic (exact) mass is 423 g/mol. The number of nitrogens with one attached hydrogen (secondary N) is 1. The van der Waals surface area contributed by atoms with E-state index in [1.165, 1.54) is 12.4 Å². The number of carbonyl (C=O) groups is 2. The van der Waals surface area contributed by atoms with Gasteiger partial charge in [-0.25, -0.2) is 10.2 Å². The van der Waals surface area contributed by atoms with E-state index in [9.17, 15) is 9.59 Å². The number of rotatable bonds is 7. The molecular formula is C22H18ClN3O4. The van der Waals surface area contributed by atoms with Crippen molar-refractivity contribution in [1.82, 2.24) is 10.4 Å². The van der Waals surface area contributed by atoms with Gasteiger partial charge in [-0.3, -0.25) is 9.78 Å². The topological polar surface area (TPSA) is 89.9 Å². The van der Waals surface area contributed by atoms with Crippen molar-refractivity contribution < 1.29 is 19.1 Å². The molecule has 0 aliphatic rings. The third-order valence-corrected chi connectivity index (χ3v) is 4.20. The van der Waals surface area contributed by atoms with Gasteiger partial charge in [0.2, 0.25) is 0 Å². The van der Waals surface area contributed by atoms with E-state index in [-0.39, 0.29) is 17.2 Å². The molecule has 3 rings (SSSR count). The molecule has 1 N–H and O–H groups in total. The normalized spacial score (nSPS) is 10.6. The minimum absolute atomic E-state index is 0.248. The number of halogens is 1. The van der Waals surface area contributed by atoms with Gasteiger partial charge in [0.1, 0.15) is 0 Å². The van der Waals surface area contributed by atoms with Crippen molar-refractivity contribution in [3.8, 4) is 11.5 Å². The van der Waals surface area contributed by atoms with E-state index in [1.807, 2.05) is 6.92 Å². The van der Waals surface area contributed by atoms with Gasteiger partial charge in [0.15, 0.2) is 11.5 Å². The van der Waals surface area contributed by atoms with E-state index in [1.54, 1.807) is 60.8 Å². The number of ether oxygens (including phenoxy) is 2. The first-order valence-electron chi connectivity index (χ1n) is 9.05. The molecule has 2 aromatic carbocycles. The van der Waals surface area contributed by atoms with Crippen LogP contribution in [0.4, 0.5) is 0 Å². The van der Waals surface area contributed by atoms with Crippen LogP contribution in [0.5, 0.6) is 11.5 Å². The second kappa shape index (κ2) is 10.2. The lowest BCUT2D eigenvalue weighted by Crippen LogP contribution is -2.17. The summed E-state index contributed by atoms with van der Waals surface area (Å²) in [4.78, 5) is 28.3. The third kappa shape index (κ3) is 5.42. The highest BCUT2D eigenvalue weighted by Gasteiger charge is 2.15. The maximum atomic E-state index is 12.4. The summed E-state index contributed by atoms with van der Waals surface area (Å²) in [5.74, 6) is -0.361. The van der Waals surface area contributed by atoms with Gasteiger partial charge in [-0.15, -0.1) is 0 Å². The number of esters is 1. The number of aromatic nitrogens is 1. The van der Waals surface area contributed by atoms with E-state index in [2.05, 4.69) is 15.5 Å². The number of amides is 1. The standard InChI is InChI=1S/C22H18ClN3O4/c1-2-29-20-12-15(13-25-26-21(27)16-6-5-11-24-14-16)9-10-19(20)30-22(28)17-7-3-4-8-18(17)23/h3-14H,2H2,1H3,(H,26,27)/b25-13-. The molecule has 0 fully saturated rings. The Kier molecular flexibility index (Phi) is 7.13. The Hall–Kier alpha value is -3.71. The molecule has 1 heterocycles. The minimum atomic E-state index is -0.591. The molecule has 0 unspecified atom stereocenters. The molecule has 0 radical (unpaired) electrons. The van der Waals surface area contributed by atoms with Crippen LogP contribution < -0.4 is 14.9 Å². The maximum absolute atomic E-state index is 12.4. The maximum Gasteiger partial charge on any atom is 0.345 e. The van der Waals surface area contributed by atoms with Crippen LogP contribution in [0.25, 0.3) is 0 Å². The fraction of sp³-hybridized carbons (Fsp3) is 0.0909. The SMILES string of the molecule is CCOc1cc(/C=N\NC(=O)c2cccnc2)ccc1OC(=O)c1ccccc1Cl. The number of nitrogens with zero attached hydrogens (tertiary/aromatic N) is 2. The molecule has 0 spiro atoms. The van der Waals surface area contributed by atoms with Crippen LogP contribution in [-0.2, 0) is 0 Å². The summed E-state index contributed by atoms with van der Waals surface area (Å²) in [7, 11) is 0. The van der Waals surface area contributed by atoms with E-state index < -0.39 is 5.97 Å². The Morgan fingerprint density at radius 3 is 2.70 bits per heavy atom. The van der Waals surface area contributed by atoms with E-state index >= 15 is 0 Å². The van der Waals surface area contributed by atoms with Gasteiger partial charge in [-0.1, -0.05) is 23.7 Å². The smallest absolute Gasteiger partial charge is 0.345 e. The third-order valence-electron chi connectivity index (χ3n) is 3.87. The zero-order valence-electron chi connectivity index (χ0n) is 16.0. The van der Waals surface area contributed by atoms with Crippen LogP contribution in [0.1, 0.15) is 33.2 Å². The molecule has 8 heteroatoms. The summed E-state index contributed by atoms with van der Waals surface area (Å²) >= 11 is 6.05. The van der Waals surface area contributed by atoms with Crippen LogP contribution in [0.2, 0.25) is 5.02 Å². The minimum Gasteiger partial charge on any atom is -0.490 e. The van der Waals surface area contributed by atoms with E-state index in [0.29, 0.717) is 28.5 Å². The fourth-order valence-electron chi connectivity index (χ4n) is 2.47. The zero-order chi connectivity index (χ0) is 21.3. The Labute approximate surface area is 178 Å². The number of hydrazone groups is 1. The summed E-state index contributed by atoms with van der Waals surface area (Å²) in [5.41, 5.74) is 3.71. The molecule has 0 atom stereocenters. The van der Waals surface area contributed by atoms with Crippen molar-refractivity contribution in [3.05, 3.63) is 88.7 Å². The van der Waals surface area contributed by atoms with Crippen molar-refractivity contribution >= 4 is 29.7 Å². The highest BCUT2D eigenvalue weighted by molar-refractivity contribution is 6.33. The van der Waals surface area contributed by atoms with Crippen molar-refractivity contribution in [2.24, 2.45) is 5.10 Å². The second-order valence-electron chi connectivity index (χ2n) is 5.95. The summed E-state index contributed by atoms with van der Waals surface area (Å²) < 4.78 is 11.0. The molecule has 0 bridgehead atoms. The number of pyridine rings is 1. The van der Waals surface area contributed by atoms with Gasteiger partial charge >= 0.3 is 5.97 Å². The summed E-state index contributed by atoms with van der Waals surface area (Å²) in [6.45, 7) is 2.18. The van der Waals surface area contributed by atoms with Gasteiger partial charge in [0.05, 0.1) is 29.0 Å². The Balaban J connectivity index is 1.72. The second-order valence-corrected chi connectivity index (χ2v) is 6.36. The molecule has 3 aromatic rings. The molecule has 1 amide bonds. The molecule has 0 aliphatic carbocycles. The van der Waals surface area contributed by atoms with Crippen molar-refractivity contribution in [1.29, 1.82) is 0 Å². The molecule has 152 valence electrons. The fourth-order valence-corrected chi connectivity index (χ4v) is 2.68. The largest absolute Gasteiger partial charge is 0.490 e. The van der Waals surface area contributed by atoms with Gasteiger partial charge in [-0.05, 0) is 55.0 Å². The number of hydrogen-bond acceptors (Lipinski definition) is 6. The highest BCUT2D eigenvalue weighted by Crippen LogP contribution is 2.29. The number of benzene rings is 2. The lowest BCUT2D eigenvalue weighted by Gasteiger charge is -2.12. The van der Waals surface area contributed by atoms with Gasteiger partial charge in [0.25, 0.3) is 5.91 Å². The molecule has 0 saturated carbocycles. The van der Waals surface area contributed by atoms with Crippen LogP contribution in [0, 0.1) is 0 Å². The van der Waals surface area contributed by atoms with Crippen molar-refractivity contribution in [2.75, 3.05) is 6.61 Å². The first kappa shape index (κ1) is 21.0.